The molecule has 0 saturated heterocycles. The molecule has 336 valence electrons. The van der Waals surface area contributed by atoms with E-state index in [1.54, 1.807) is 28.4 Å². The van der Waals surface area contributed by atoms with Crippen LogP contribution in [0.15, 0.2) is 105 Å². The maximum atomic E-state index is 5.77. The van der Waals surface area contributed by atoms with Crippen LogP contribution in [0.1, 0.15) is 183 Å². The quantitative estimate of drug-likeness (QED) is 0.0724. The van der Waals surface area contributed by atoms with Crippen molar-refractivity contribution in [3.8, 4) is 23.0 Å². The lowest BCUT2D eigenvalue weighted by atomic mass is 9.99. The zero-order valence-corrected chi connectivity index (χ0v) is 41.3. The van der Waals surface area contributed by atoms with Crippen molar-refractivity contribution in [2.75, 3.05) is 28.4 Å². The zero-order valence-electron chi connectivity index (χ0n) is 41.3. The smallest absolute Gasteiger partial charge is 0.207 e. The number of rotatable bonds is 30. The second kappa shape index (κ2) is 31.9. The van der Waals surface area contributed by atoms with Gasteiger partial charge in [0.25, 0.3) is 0 Å². The summed E-state index contributed by atoms with van der Waals surface area (Å²) in [6.07, 6.45) is 40.7. The maximum Gasteiger partial charge on any atom is 0.207 e. The Bertz CT molecular complexity index is 1710. The van der Waals surface area contributed by atoms with Gasteiger partial charge in [-0.1, -0.05) is 105 Å². The fraction of sp³-hybridized carbons (Fsp3) is 0.571. The van der Waals surface area contributed by atoms with Crippen LogP contribution in [0.4, 0.5) is 0 Å². The molecular weight excluding hydrogens is 737 g/mol. The standard InChI is InChI=1S/C56H88O4/c1-42(2)24-16-25-43(3)26-17-27-44(4)28-18-29-45(5)30-19-31-46(6)32-20-33-47(7)34-21-35-48(8)36-22-37-49(9)38-23-39-50(10)40-41-52-51(11)53(57-12)55(59-14)56(60-15)54(52)58-13/h24,26,28,30,32,34,36,38,40H,16-23,25,27,29,31,33,35,37,39,41H2,1-15H3/b43-26+,44-28+,45-30+,46-32?,47-34+,48-36+,49-38+,50-40+. The molecule has 0 aromatic heterocycles. The van der Waals surface area contributed by atoms with Crippen molar-refractivity contribution in [1.82, 2.24) is 0 Å². The van der Waals surface area contributed by atoms with E-state index >= 15 is 0 Å². The number of ether oxygens (including phenoxy) is 4. The van der Waals surface area contributed by atoms with E-state index in [1.807, 2.05) is 6.92 Å². The van der Waals surface area contributed by atoms with Gasteiger partial charge in [-0.25, -0.2) is 0 Å². The van der Waals surface area contributed by atoms with Crippen LogP contribution in [0.25, 0.3) is 0 Å². The van der Waals surface area contributed by atoms with Gasteiger partial charge >= 0.3 is 0 Å². The molecule has 0 heterocycles. The third kappa shape index (κ3) is 23.2. The van der Waals surface area contributed by atoms with Crippen LogP contribution in [0.5, 0.6) is 23.0 Å². The van der Waals surface area contributed by atoms with Crippen molar-refractivity contribution in [2.24, 2.45) is 0 Å². The molecule has 1 aromatic rings. The third-order valence-corrected chi connectivity index (χ3v) is 11.5. The summed E-state index contributed by atoms with van der Waals surface area (Å²) in [5, 5.41) is 0. The van der Waals surface area contributed by atoms with Crippen LogP contribution in [0.3, 0.4) is 0 Å². The minimum absolute atomic E-state index is 0.561. The normalized spacial score (nSPS) is 13.8. The SMILES string of the molecule is COc1c(C)c(C/C=C(\C)CC/C=C(\C)CC/C=C(\C)CC/C=C(\C)CCC=C(C)CC/C=C(\C)CC/C=C(\C)CC/C=C(\C)CCC=C(C)C)c(OC)c(OC)c1OC. The maximum absolute atomic E-state index is 5.77. The van der Waals surface area contributed by atoms with Gasteiger partial charge in [0.1, 0.15) is 0 Å². The Labute approximate surface area is 370 Å². The molecule has 0 bridgehead atoms. The number of hydrogen-bond donors (Lipinski definition) is 0. The second-order valence-corrected chi connectivity index (χ2v) is 17.4. The summed E-state index contributed by atoms with van der Waals surface area (Å²) in [5.74, 6) is 2.51. The second-order valence-electron chi connectivity index (χ2n) is 17.4. The summed E-state index contributed by atoms with van der Waals surface area (Å²) < 4.78 is 22.7. The molecule has 0 fully saturated rings. The number of methoxy groups -OCH3 is 4. The van der Waals surface area contributed by atoms with Gasteiger partial charge in [0, 0.05) is 11.1 Å². The van der Waals surface area contributed by atoms with Crippen LogP contribution in [0.2, 0.25) is 0 Å². The number of hydrogen-bond acceptors (Lipinski definition) is 4. The summed E-state index contributed by atoms with van der Waals surface area (Å²) in [5.41, 5.74) is 15.4. The Hall–Kier alpha value is -3.92. The van der Waals surface area contributed by atoms with E-state index in [4.69, 9.17) is 18.9 Å². The fourth-order valence-electron chi connectivity index (χ4n) is 7.40. The van der Waals surface area contributed by atoms with Crippen molar-refractivity contribution in [2.45, 2.75) is 185 Å². The average Bonchev–Trinajstić information content (AvgIpc) is 3.19. The van der Waals surface area contributed by atoms with Gasteiger partial charge in [-0.3, -0.25) is 0 Å². The van der Waals surface area contributed by atoms with Gasteiger partial charge in [0.15, 0.2) is 11.5 Å². The molecule has 0 unspecified atom stereocenters. The Morgan fingerprint density at radius 1 is 0.317 bits per heavy atom. The van der Waals surface area contributed by atoms with E-state index in [2.05, 4.69) is 124 Å². The highest BCUT2D eigenvalue weighted by Gasteiger charge is 2.24. The highest BCUT2D eigenvalue weighted by atomic mass is 16.5. The van der Waals surface area contributed by atoms with E-state index in [0.717, 1.165) is 101 Å². The van der Waals surface area contributed by atoms with Gasteiger partial charge in [-0.05, 0) is 185 Å². The molecule has 0 aliphatic rings. The first-order chi connectivity index (χ1) is 28.7. The van der Waals surface area contributed by atoms with Gasteiger partial charge in [-0.15, -0.1) is 0 Å². The van der Waals surface area contributed by atoms with Crippen LogP contribution in [-0.2, 0) is 6.42 Å². The monoisotopic (exact) mass is 825 g/mol. The predicted octanol–water partition coefficient (Wildman–Crippen LogP) is 17.4. The lowest BCUT2D eigenvalue weighted by Crippen LogP contribution is -2.04. The number of benzene rings is 1. The third-order valence-electron chi connectivity index (χ3n) is 11.5. The molecule has 0 aliphatic carbocycles. The van der Waals surface area contributed by atoms with Crippen molar-refractivity contribution in [1.29, 1.82) is 0 Å². The molecule has 1 aromatic carbocycles. The van der Waals surface area contributed by atoms with Gasteiger partial charge in [0.2, 0.25) is 11.5 Å². The Kier molecular flexibility index (Phi) is 28.7. The van der Waals surface area contributed by atoms with Crippen molar-refractivity contribution < 1.29 is 18.9 Å². The lowest BCUT2D eigenvalue weighted by molar-refractivity contribution is 0.302. The topological polar surface area (TPSA) is 36.9 Å². The Balaban J connectivity index is 2.39. The largest absolute Gasteiger partial charge is 0.492 e. The van der Waals surface area contributed by atoms with E-state index in [-0.39, 0.29) is 0 Å². The first-order valence-corrected chi connectivity index (χ1v) is 22.9. The van der Waals surface area contributed by atoms with Crippen molar-refractivity contribution in [3.63, 3.8) is 0 Å². The van der Waals surface area contributed by atoms with Gasteiger partial charge < -0.3 is 18.9 Å². The Morgan fingerprint density at radius 2 is 0.550 bits per heavy atom. The molecular formula is C56H88O4. The minimum Gasteiger partial charge on any atom is -0.492 e. The van der Waals surface area contributed by atoms with Crippen LogP contribution in [-0.4, -0.2) is 28.4 Å². The minimum atomic E-state index is 0.561. The molecule has 0 atom stereocenters. The molecule has 0 spiro atoms. The first-order valence-electron chi connectivity index (χ1n) is 22.9. The van der Waals surface area contributed by atoms with Gasteiger partial charge in [-0.2, -0.15) is 0 Å². The highest BCUT2D eigenvalue weighted by Crippen LogP contribution is 2.49. The van der Waals surface area contributed by atoms with Crippen LogP contribution < -0.4 is 18.9 Å². The van der Waals surface area contributed by atoms with Gasteiger partial charge in [0.05, 0.1) is 28.4 Å². The van der Waals surface area contributed by atoms with Crippen molar-refractivity contribution >= 4 is 0 Å². The highest BCUT2D eigenvalue weighted by molar-refractivity contribution is 5.67. The molecule has 1 rings (SSSR count). The van der Waals surface area contributed by atoms with Crippen LogP contribution in [0, 0.1) is 6.92 Å². The van der Waals surface area contributed by atoms with E-state index < -0.39 is 0 Å². The summed E-state index contributed by atoms with van der Waals surface area (Å²) in [4.78, 5) is 0. The molecule has 0 radical (unpaired) electrons. The molecule has 4 nitrogen and oxygen atoms in total. The van der Waals surface area contributed by atoms with Crippen LogP contribution >= 0.6 is 0 Å². The molecule has 0 N–H and O–H groups in total. The summed E-state index contributed by atoms with van der Waals surface area (Å²) >= 11 is 0. The molecule has 60 heavy (non-hydrogen) atoms. The summed E-state index contributed by atoms with van der Waals surface area (Å²) in [6.45, 7) is 24.6. The number of allylic oxidation sites excluding steroid dienone is 18. The van der Waals surface area contributed by atoms with Crippen molar-refractivity contribution in [3.05, 3.63) is 116 Å². The molecule has 0 amide bonds. The van der Waals surface area contributed by atoms with E-state index in [9.17, 15) is 0 Å². The predicted molar refractivity (Wildman–Crippen MR) is 264 cm³/mol. The molecule has 0 aliphatic heterocycles. The van der Waals surface area contributed by atoms with E-state index in [0.29, 0.717) is 23.0 Å². The lowest BCUT2D eigenvalue weighted by Gasteiger charge is -2.21. The Morgan fingerprint density at radius 3 is 0.800 bits per heavy atom. The summed E-state index contributed by atoms with van der Waals surface area (Å²) in [7, 11) is 6.58. The summed E-state index contributed by atoms with van der Waals surface area (Å²) in [6, 6.07) is 0. The fourth-order valence-corrected chi connectivity index (χ4v) is 7.40. The van der Waals surface area contributed by atoms with E-state index in [1.165, 1.54) is 69.4 Å². The molecule has 4 heteroatoms. The average molecular weight is 825 g/mol. The zero-order chi connectivity index (χ0) is 44.9. The first kappa shape index (κ1) is 54.1. The molecule has 0 saturated carbocycles.